The molecule has 0 spiro atoms. The third kappa shape index (κ3) is 13.8. The number of thioether (sulfide) groups is 1. The van der Waals surface area contributed by atoms with E-state index in [1.54, 1.807) is 0 Å². The molecule has 24 nitrogen and oxygen atoms in total. The molecule has 1 fully saturated rings. The zero-order valence-corrected chi connectivity index (χ0v) is 31.5. The molecule has 1 aliphatic rings. The third-order valence-electron chi connectivity index (χ3n) is 6.80. The fourth-order valence-corrected chi connectivity index (χ4v) is 7.63. The molecule has 3 rings (SSSR count). The van der Waals surface area contributed by atoms with E-state index < -0.39 is 84.6 Å². The predicted octanol–water partition coefficient (Wildman–Crippen LogP) is -4.94. The zero-order valence-electron chi connectivity index (χ0n) is 28.0. The second-order valence-corrected chi connectivity index (χ2v) is 16.9. The number of phosphoric acid groups is 3. The third-order valence-corrected chi connectivity index (χ3v) is 10.7. The Morgan fingerprint density at radius 2 is 1.77 bits per heavy atom. The maximum atomic E-state index is 12.6. The summed E-state index contributed by atoms with van der Waals surface area (Å²) in [5.41, 5.74) is 4.22. The van der Waals surface area contributed by atoms with Gasteiger partial charge in [0.25, 0.3) is 7.82 Å². The molecule has 0 aliphatic carbocycles. The molecule has 2 amide bonds. The van der Waals surface area contributed by atoms with Crippen LogP contribution in [-0.4, -0.2) is 118 Å². The Morgan fingerprint density at radius 1 is 1.12 bits per heavy atom. The van der Waals surface area contributed by atoms with Gasteiger partial charge in [-0.1, -0.05) is 25.6 Å². The number of imidazole rings is 1. The van der Waals surface area contributed by atoms with E-state index >= 15 is 0 Å². The summed E-state index contributed by atoms with van der Waals surface area (Å²) in [5, 5.41) is 26.0. The van der Waals surface area contributed by atoms with Crippen LogP contribution in [0.4, 0.5) is 5.82 Å². The number of hydrogen-bond donors (Lipinski definition) is 8. The van der Waals surface area contributed by atoms with Crippen molar-refractivity contribution in [2.75, 3.05) is 37.8 Å². The molecule has 2 aromatic rings. The summed E-state index contributed by atoms with van der Waals surface area (Å²) in [6.07, 6.45) is -7.08. The average Bonchev–Trinajstić information content (AvgIpc) is 3.57. The van der Waals surface area contributed by atoms with Crippen molar-refractivity contribution in [3.8, 4) is 0 Å². The quantitative estimate of drug-likeness (QED) is 0.0374. The van der Waals surface area contributed by atoms with Gasteiger partial charge in [-0.25, -0.2) is 24.1 Å². The molecule has 8 unspecified atom stereocenters. The van der Waals surface area contributed by atoms with Gasteiger partial charge in [-0.15, -0.1) is 0 Å². The number of aromatic nitrogens is 4. The van der Waals surface area contributed by atoms with Crippen molar-refractivity contribution in [1.29, 1.82) is 0 Å². The number of aliphatic hydroxyl groups excluding tert-OH is 2. The van der Waals surface area contributed by atoms with Gasteiger partial charge in [0.05, 0.1) is 19.5 Å². The Bertz CT molecular complexity index is 1720. The number of nitrogen functional groups attached to an aromatic ring is 1. The minimum absolute atomic E-state index is 0. The fraction of sp³-hybridized carbons (Fsp3) is 0.652. The van der Waals surface area contributed by atoms with E-state index in [1.165, 1.54) is 20.8 Å². The van der Waals surface area contributed by atoms with Gasteiger partial charge in [0.2, 0.25) is 11.8 Å². The maximum absolute atomic E-state index is 12.6. The molecule has 8 atom stereocenters. The Kier molecular flexibility index (Phi) is 17.1. The van der Waals surface area contributed by atoms with Crippen LogP contribution in [0.3, 0.4) is 0 Å². The van der Waals surface area contributed by atoms with E-state index in [-0.39, 0.29) is 60.5 Å². The first-order valence-corrected chi connectivity index (χ1v) is 20.0. The summed E-state index contributed by atoms with van der Waals surface area (Å²) in [4.78, 5) is 87.9. The molecule has 9 N–H and O–H groups in total. The SMILES string of the molecule is CC(=O)SCCNC(=O)CCNC(=O)C(O)C(C)(C)COP(=O)(O)OP(=O)(O)OCC1OC(n2cnc3c(N)ncnc32)C(O)C1OP(=O)([O-])O.[Li+]. The maximum Gasteiger partial charge on any atom is 1.00 e. The van der Waals surface area contributed by atoms with Crippen molar-refractivity contribution in [1.82, 2.24) is 30.2 Å². The molecule has 0 saturated carbocycles. The van der Waals surface area contributed by atoms with Crippen LogP contribution in [0, 0.1) is 5.41 Å². The van der Waals surface area contributed by atoms with Crippen LogP contribution in [0.5, 0.6) is 0 Å². The number of carbonyl (C=O) groups is 3. The molecule has 1 aliphatic heterocycles. The summed E-state index contributed by atoms with van der Waals surface area (Å²) in [7, 11) is -16.6. The summed E-state index contributed by atoms with van der Waals surface area (Å²) < 4.78 is 61.5. The van der Waals surface area contributed by atoms with Gasteiger partial charge in [0.15, 0.2) is 22.8 Å². The molecule has 0 aromatic carbocycles. The number of amides is 2. The summed E-state index contributed by atoms with van der Waals surface area (Å²) in [6.45, 7) is 1.85. The fourth-order valence-electron chi connectivity index (χ4n) is 4.32. The van der Waals surface area contributed by atoms with Crippen molar-refractivity contribution in [2.24, 2.45) is 5.41 Å². The Balaban J connectivity index is 0.00000936. The van der Waals surface area contributed by atoms with Crippen molar-refractivity contribution < 1.29 is 99.3 Å². The van der Waals surface area contributed by atoms with E-state index in [2.05, 4.69) is 34.4 Å². The zero-order chi connectivity index (χ0) is 38.4. The summed E-state index contributed by atoms with van der Waals surface area (Å²) in [5.74, 6) is -1.10. The number of anilines is 1. The van der Waals surface area contributed by atoms with Gasteiger partial charge in [-0.3, -0.25) is 32.6 Å². The van der Waals surface area contributed by atoms with Crippen molar-refractivity contribution in [2.45, 2.75) is 57.8 Å². The summed E-state index contributed by atoms with van der Waals surface area (Å²) in [6, 6.07) is 0. The van der Waals surface area contributed by atoms with Gasteiger partial charge in [0.1, 0.15) is 36.3 Å². The topological polar surface area (TPSA) is 366 Å². The van der Waals surface area contributed by atoms with Gasteiger partial charge < -0.3 is 55.4 Å². The number of ether oxygens (including phenoxy) is 1. The number of fused-ring (bicyclic) bond motifs is 1. The first-order chi connectivity index (χ1) is 23.5. The number of aliphatic hydroxyl groups is 2. The van der Waals surface area contributed by atoms with Crippen molar-refractivity contribution >= 4 is 69.1 Å². The first kappa shape index (κ1) is 46.3. The molecular formula is C23H37LiN7O17P3S. The number of carbonyl (C=O) groups excluding carboxylic acids is 3. The van der Waals surface area contributed by atoms with Crippen LogP contribution in [0.2, 0.25) is 0 Å². The second-order valence-electron chi connectivity index (χ2n) is 11.4. The van der Waals surface area contributed by atoms with Crippen LogP contribution >= 0.6 is 35.2 Å². The molecule has 52 heavy (non-hydrogen) atoms. The van der Waals surface area contributed by atoms with E-state index in [1.807, 2.05) is 0 Å². The Hall–Kier alpha value is -1.84. The van der Waals surface area contributed by atoms with Gasteiger partial charge >= 0.3 is 34.5 Å². The number of rotatable bonds is 19. The first-order valence-electron chi connectivity index (χ1n) is 14.5. The predicted molar refractivity (Wildman–Crippen MR) is 171 cm³/mol. The van der Waals surface area contributed by atoms with Crippen molar-refractivity contribution in [3.05, 3.63) is 12.7 Å². The monoisotopic (exact) mass is 815 g/mol. The normalized spacial score (nSPS) is 23.1. The van der Waals surface area contributed by atoms with Crippen molar-refractivity contribution in [3.63, 3.8) is 0 Å². The molecule has 288 valence electrons. The minimum Gasteiger partial charge on any atom is -0.756 e. The largest absolute Gasteiger partial charge is 1.00 e. The molecular weight excluding hydrogens is 778 g/mol. The van der Waals surface area contributed by atoms with Crippen LogP contribution in [0.15, 0.2) is 12.7 Å². The number of nitrogens with zero attached hydrogens (tertiary/aromatic N) is 4. The Morgan fingerprint density at radius 3 is 2.40 bits per heavy atom. The van der Waals surface area contributed by atoms with Crippen LogP contribution in [-0.2, 0) is 50.7 Å². The van der Waals surface area contributed by atoms with Crippen LogP contribution < -0.4 is 40.1 Å². The molecule has 0 bridgehead atoms. The minimum atomic E-state index is -5.57. The molecule has 1 saturated heterocycles. The number of nitrogens with one attached hydrogen (secondary N) is 2. The van der Waals surface area contributed by atoms with Crippen LogP contribution in [0.25, 0.3) is 11.2 Å². The second kappa shape index (κ2) is 19.1. The number of nitrogens with two attached hydrogens (primary N) is 1. The molecule has 3 heterocycles. The molecule has 2 aromatic heterocycles. The number of hydrogen-bond acceptors (Lipinski definition) is 19. The standard InChI is InChI=1S/C23H38N7O17P3S.Li/c1-12(31)51-7-6-25-14(32)4-5-26-21(35)18(34)23(2,3)9-44-50(41,42)47-49(39,40)43-8-13-17(46-48(36,37)38)16(33)22(45-13)30-11-29-15-19(24)27-10-28-20(15)30;/h10-11,13,16-18,22,33-34H,4-9H2,1-3H3,(H,25,32)(H,26,35)(H,39,40)(H,41,42)(H2,24,27,28)(H2,36,37,38);/q;+1/p-1. The van der Waals surface area contributed by atoms with Crippen LogP contribution in [0.1, 0.15) is 33.4 Å². The smallest absolute Gasteiger partial charge is 0.756 e. The number of phosphoric ester groups is 3. The summed E-state index contributed by atoms with van der Waals surface area (Å²) >= 11 is 1.02. The molecule has 29 heteroatoms. The van der Waals surface area contributed by atoms with Gasteiger partial charge in [0, 0.05) is 37.6 Å². The van der Waals surface area contributed by atoms with E-state index in [4.69, 9.17) is 19.5 Å². The average molecular weight is 816 g/mol. The Labute approximate surface area is 311 Å². The van der Waals surface area contributed by atoms with E-state index in [0.717, 1.165) is 29.0 Å². The van der Waals surface area contributed by atoms with E-state index in [9.17, 15) is 57.9 Å². The van der Waals surface area contributed by atoms with Gasteiger partial charge in [-0.2, -0.15) is 4.31 Å². The molecule has 0 radical (unpaired) electrons. The van der Waals surface area contributed by atoms with Gasteiger partial charge in [-0.05, 0) is 0 Å². The van der Waals surface area contributed by atoms with E-state index in [0.29, 0.717) is 5.75 Å².